The molecule has 0 amide bonds. The van der Waals surface area contributed by atoms with Crippen molar-refractivity contribution in [2.75, 3.05) is 25.1 Å². The van der Waals surface area contributed by atoms with Crippen LogP contribution in [-0.4, -0.2) is 50.9 Å². The van der Waals surface area contributed by atoms with Gasteiger partial charge in [-0.05, 0) is 18.9 Å². The molecule has 0 aliphatic carbocycles. The molecule has 1 N–H and O–H groups in total. The standard InChI is InChI=1S/C16H17N5O3S/c1-24-12-6-11(7-17-8-12)13-9-18-15-21(13)19-16(25-15)20-4-2-10(3-5-20)14(22)23/h6-10H,2-5H2,1H3,(H,22,23). The van der Waals surface area contributed by atoms with Crippen LogP contribution in [0, 0.1) is 5.92 Å². The van der Waals surface area contributed by atoms with Gasteiger partial charge in [0, 0.05) is 24.8 Å². The zero-order valence-corrected chi connectivity index (χ0v) is 14.4. The van der Waals surface area contributed by atoms with Crippen LogP contribution in [0.15, 0.2) is 24.7 Å². The lowest BCUT2D eigenvalue weighted by molar-refractivity contribution is -0.142. The van der Waals surface area contributed by atoms with Crippen LogP contribution in [0.4, 0.5) is 5.13 Å². The number of aliphatic carboxylic acids is 1. The third-order valence-electron chi connectivity index (χ3n) is 4.43. The Bertz CT molecular complexity index is 914. The van der Waals surface area contributed by atoms with Crippen LogP contribution >= 0.6 is 11.3 Å². The van der Waals surface area contributed by atoms with Crippen LogP contribution in [0.1, 0.15) is 12.8 Å². The molecule has 3 aromatic rings. The van der Waals surface area contributed by atoms with Gasteiger partial charge in [0.05, 0.1) is 31.1 Å². The number of nitrogens with zero attached hydrogens (tertiary/aromatic N) is 5. The van der Waals surface area contributed by atoms with Crippen LogP contribution in [-0.2, 0) is 4.79 Å². The van der Waals surface area contributed by atoms with Crippen molar-refractivity contribution >= 4 is 27.4 Å². The highest BCUT2D eigenvalue weighted by Crippen LogP contribution is 2.31. The number of ether oxygens (including phenoxy) is 1. The van der Waals surface area contributed by atoms with Gasteiger partial charge in [0.1, 0.15) is 5.75 Å². The number of methoxy groups -OCH3 is 1. The van der Waals surface area contributed by atoms with Crippen LogP contribution in [0.3, 0.4) is 0 Å². The van der Waals surface area contributed by atoms with E-state index in [1.165, 1.54) is 11.3 Å². The molecule has 1 saturated heterocycles. The largest absolute Gasteiger partial charge is 0.495 e. The number of fused-ring (bicyclic) bond motifs is 1. The number of imidazole rings is 1. The predicted octanol–water partition coefficient (Wildman–Crippen LogP) is 2.16. The van der Waals surface area contributed by atoms with Crippen molar-refractivity contribution in [2.45, 2.75) is 12.8 Å². The summed E-state index contributed by atoms with van der Waals surface area (Å²) in [4.78, 5) is 22.6. The van der Waals surface area contributed by atoms with E-state index in [9.17, 15) is 4.79 Å². The molecule has 4 heterocycles. The topological polar surface area (TPSA) is 92.9 Å². The average molecular weight is 359 g/mol. The Labute approximate surface area is 147 Å². The summed E-state index contributed by atoms with van der Waals surface area (Å²) in [5, 5.41) is 14.7. The highest BCUT2D eigenvalue weighted by atomic mass is 32.1. The van der Waals surface area contributed by atoms with Crippen molar-refractivity contribution in [3.8, 4) is 17.0 Å². The number of carboxylic acid groups (broad SMARTS) is 1. The summed E-state index contributed by atoms with van der Waals surface area (Å²) in [6.45, 7) is 1.40. The molecule has 0 unspecified atom stereocenters. The molecule has 0 radical (unpaired) electrons. The SMILES string of the molecule is COc1cncc(-c2cnc3sc(N4CCC(C(=O)O)CC4)nn23)c1. The number of carbonyl (C=O) groups is 1. The van der Waals surface area contributed by atoms with Crippen LogP contribution in [0.5, 0.6) is 5.75 Å². The van der Waals surface area contributed by atoms with Crippen molar-refractivity contribution in [1.29, 1.82) is 0 Å². The van der Waals surface area contributed by atoms with Crippen LogP contribution < -0.4 is 9.64 Å². The summed E-state index contributed by atoms with van der Waals surface area (Å²) < 4.78 is 7.03. The van der Waals surface area contributed by atoms with Crippen molar-refractivity contribution in [3.05, 3.63) is 24.7 Å². The Hall–Kier alpha value is -2.68. The van der Waals surface area contributed by atoms with Gasteiger partial charge in [-0.25, -0.2) is 9.50 Å². The molecule has 130 valence electrons. The first-order valence-electron chi connectivity index (χ1n) is 7.97. The number of hydrogen-bond donors (Lipinski definition) is 1. The van der Waals surface area contributed by atoms with E-state index in [1.54, 1.807) is 30.2 Å². The van der Waals surface area contributed by atoms with Crippen molar-refractivity contribution in [2.24, 2.45) is 5.92 Å². The molecular formula is C16H17N5O3S. The molecule has 0 bridgehead atoms. The van der Waals surface area contributed by atoms with E-state index in [2.05, 4.69) is 20.0 Å². The average Bonchev–Trinajstić information content (AvgIpc) is 3.22. The number of aromatic nitrogens is 4. The first kappa shape index (κ1) is 15.8. The monoisotopic (exact) mass is 359 g/mol. The van der Waals surface area contributed by atoms with Crippen molar-refractivity contribution in [3.63, 3.8) is 0 Å². The molecule has 0 spiro atoms. The van der Waals surface area contributed by atoms with Gasteiger partial charge in [0.15, 0.2) is 0 Å². The van der Waals surface area contributed by atoms with Gasteiger partial charge in [-0.15, -0.1) is 5.10 Å². The lowest BCUT2D eigenvalue weighted by atomic mass is 9.98. The first-order valence-corrected chi connectivity index (χ1v) is 8.79. The minimum atomic E-state index is -0.707. The van der Waals surface area contributed by atoms with Crippen LogP contribution in [0.25, 0.3) is 16.2 Å². The molecule has 1 aliphatic heterocycles. The number of hydrogen-bond acceptors (Lipinski definition) is 7. The number of pyridine rings is 1. The smallest absolute Gasteiger partial charge is 0.306 e. The third-order valence-corrected chi connectivity index (χ3v) is 5.42. The Morgan fingerprint density at radius 2 is 2.12 bits per heavy atom. The molecule has 0 aromatic carbocycles. The summed E-state index contributed by atoms with van der Waals surface area (Å²) in [7, 11) is 1.61. The summed E-state index contributed by atoms with van der Waals surface area (Å²) >= 11 is 1.51. The fraction of sp³-hybridized carbons (Fsp3) is 0.375. The molecule has 1 aliphatic rings. The number of anilines is 1. The molecule has 0 atom stereocenters. The number of piperidine rings is 1. The molecule has 1 fully saturated rings. The quantitative estimate of drug-likeness (QED) is 0.763. The molecule has 25 heavy (non-hydrogen) atoms. The normalized spacial score (nSPS) is 15.6. The fourth-order valence-corrected chi connectivity index (χ4v) is 3.92. The van der Waals surface area contributed by atoms with Gasteiger partial charge >= 0.3 is 5.97 Å². The summed E-state index contributed by atoms with van der Waals surface area (Å²) in [5.74, 6) is -0.279. The highest BCUT2D eigenvalue weighted by molar-refractivity contribution is 7.20. The molecule has 3 aromatic heterocycles. The van der Waals surface area contributed by atoms with Gasteiger partial charge in [-0.1, -0.05) is 11.3 Å². The van der Waals surface area contributed by atoms with Gasteiger partial charge < -0.3 is 14.7 Å². The molecular weight excluding hydrogens is 342 g/mol. The van der Waals surface area contributed by atoms with E-state index in [1.807, 2.05) is 6.07 Å². The lowest BCUT2D eigenvalue weighted by Crippen LogP contribution is -2.36. The fourth-order valence-electron chi connectivity index (χ4n) is 3.00. The zero-order valence-electron chi connectivity index (χ0n) is 13.6. The Morgan fingerprint density at radius 1 is 1.32 bits per heavy atom. The molecule has 8 nitrogen and oxygen atoms in total. The second-order valence-corrected chi connectivity index (χ2v) is 6.87. The summed E-state index contributed by atoms with van der Waals surface area (Å²) in [5.41, 5.74) is 1.73. The van der Waals surface area contributed by atoms with E-state index >= 15 is 0 Å². The van der Waals surface area contributed by atoms with E-state index < -0.39 is 5.97 Å². The molecule has 0 saturated carbocycles. The Balaban J connectivity index is 1.61. The molecule has 4 rings (SSSR count). The second kappa shape index (κ2) is 6.32. The highest BCUT2D eigenvalue weighted by Gasteiger charge is 2.26. The maximum absolute atomic E-state index is 11.1. The third kappa shape index (κ3) is 2.91. The van der Waals surface area contributed by atoms with E-state index in [0.717, 1.165) is 21.3 Å². The Morgan fingerprint density at radius 3 is 2.84 bits per heavy atom. The maximum Gasteiger partial charge on any atom is 0.306 e. The maximum atomic E-state index is 11.1. The number of carboxylic acids is 1. The summed E-state index contributed by atoms with van der Waals surface area (Å²) in [6.07, 6.45) is 6.47. The minimum Gasteiger partial charge on any atom is -0.495 e. The summed E-state index contributed by atoms with van der Waals surface area (Å²) in [6, 6.07) is 1.90. The van der Waals surface area contributed by atoms with Gasteiger partial charge in [-0.3, -0.25) is 9.78 Å². The Kier molecular flexibility index (Phi) is 4.00. The van der Waals surface area contributed by atoms with Gasteiger partial charge in [0.25, 0.3) is 0 Å². The van der Waals surface area contributed by atoms with Crippen molar-refractivity contribution < 1.29 is 14.6 Å². The first-order chi connectivity index (χ1) is 12.2. The van der Waals surface area contributed by atoms with E-state index in [4.69, 9.17) is 9.84 Å². The van der Waals surface area contributed by atoms with Crippen molar-refractivity contribution in [1.82, 2.24) is 19.6 Å². The van der Waals surface area contributed by atoms with Crippen LogP contribution in [0.2, 0.25) is 0 Å². The minimum absolute atomic E-state index is 0.251. The predicted molar refractivity (Wildman–Crippen MR) is 93.2 cm³/mol. The zero-order chi connectivity index (χ0) is 17.4. The lowest BCUT2D eigenvalue weighted by Gasteiger charge is -2.29. The molecule has 9 heteroatoms. The van der Waals surface area contributed by atoms with Gasteiger partial charge in [-0.2, -0.15) is 0 Å². The van der Waals surface area contributed by atoms with E-state index in [0.29, 0.717) is 31.7 Å². The second-order valence-electron chi connectivity index (χ2n) is 5.94. The number of rotatable bonds is 4. The van der Waals surface area contributed by atoms with E-state index in [-0.39, 0.29) is 5.92 Å². The van der Waals surface area contributed by atoms with Gasteiger partial charge in [0.2, 0.25) is 10.1 Å².